The van der Waals surface area contributed by atoms with Gasteiger partial charge in [-0.3, -0.25) is 4.90 Å². The van der Waals surface area contributed by atoms with Crippen molar-refractivity contribution in [2.45, 2.75) is 38.6 Å². The fourth-order valence-electron chi connectivity index (χ4n) is 3.74. The standard InChI is InChI=1S/C17H27N3/c1-3-20-12-6-9-15(20)13-19(2)16-10-4-7-14-8-5-11-18-17(14)16/h4,7,10,15,18H,3,5-6,8-9,11-13H2,1-2H3. The largest absolute Gasteiger partial charge is 0.383 e. The topological polar surface area (TPSA) is 18.5 Å². The van der Waals surface area contributed by atoms with E-state index in [4.69, 9.17) is 0 Å². The summed E-state index contributed by atoms with van der Waals surface area (Å²) in [6.07, 6.45) is 5.18. The van der Waals surface area contributed by atoms with Gasteiger partial charge in [0.15, 0.2) is 0 Å². The van der Waals surface area contributed by atoms with Gasteiger partial charge in [-0.2, -0.15) is 0 Å². The summed E-state index contributed by atoms with van der Waals surface area (Å²) in [6, 6.07) is 7.48. The fourth-order valence-corrected chi connectivity index (χ4v) is 3.74. The third-order valence-electron chi connectivity index (χ3n) is 4.85. The van der Waals surface area contributed by atoms with Crippen LogP contribution in [0.1, 0.15) is 31.7 Å². The van der Waals surface area contributed by atoms with Gasteiger partial charge < -0.3 is 10.2 Å². The van der Waals surface area contributed by atoms with Gasteiger partial charge in [0.1, 0.15) is 0 Å². The highest BCUT2D eigenvalue weighted by Crippen LogP contribution is 2.33. The van der Waals surface area contributed by atoms with Gasteiger partial charge in [-0.15, -0.1) is 0 Å². The Balaban J connectivity index is 1.75. The first-order chi connectivity index (χ1) is 9.79. The number of likely N-dealkylation sites (tertiary alicyclic amines) is 1. The summed E-state index contributed by atoms with van der Waals surface area (Å²) in [4.78, 5) is 5.08. The average molecular weight is 273 g/mol. The summed E-state index contributed by atoms with van der Waals surface area (Å²) in [5.41, 5.74) is 4.24. The van der Waals surface area contributed by atoms with Crippen LogP contribution in [0.4, 0.5) is 11.4 Å². The summed E-state index contributed by atoms with van der Waals surface area (Å²) in [7, 11) is 2.25. The summed E-state index contributed by atoms with van der Waals surface area (Å²) in [5, 5.41) is 3.61. The number of nitrogens with zero attached hydrogens (tertiary/aromatic N) is 2. The van der Waals surface area contributed by atoms with Crippen molar-refractivity contribution in [2.24, 2.45) is 0 Å². The number of likely N-dealkylation sites (N-methyl/N-ethyl adjacent to an activating group) is 2. The minimum absolute atomic E-state index is 0.726. The van der Waals surface area contributed by atoms with E-state index in [0.29, 0.717) is 0 Å². The Labute approximate surface area is 123 Å². The van der Waals surface area contributed by atoms with Crippen molar-refractivity contribution in [3.05, 3.63) is 23.8 Å². The smallest absolute Gasteiger partial charge is 0.0610 e. The molecule has 0 bridgehead atoms. The molecular formula is C17H27N3. The molecule has 3 nitrogen and oxygen atoms in total. The van der Waals surface area contributed by atoms with Crippen LogP contribution < -0.4 is 10.2 Å². The number of anilines is 2. The molecule has 3 rings (SSSR count). The van der Waals surface area contributed by atoms with Crippen molar-refractivity contribution in [1.29, 1.82) is 0 Å². The van der Waals surface area contributed by atoms with Crippen LogP contribution in [0.25, 0.3) is 0 Å². The number of benzene rings is 1. The van der Waals surface area contributed by atoms with Gasteiger partial charge in [0, 0.05) is 26.2 Å². The normalized spacial score (nSPS) is 22.4. The van der Waals surface area contributed by atoms with Crippen LogP contribution in [0.5, 0.6) is 0 Å². The van der Waals surface area contributed by atoms with E-state index in [-0.39, 0.29) is 0 Å². The first-order valence-corrected chi connectivity index (χ1v) is 8.10. The Morgan fingerprint density at radius 3 is 3.10 bits per heavy atom. The molecule has 0 saturated carbocycles. The molecule has 1 N–H and O–H groups in total. The second-order valence-corrected chi connectivity index (χ2v) is 6.15. The van der Waals surface area contributed by atoms with Crippen LogP contribution in [0.2, 0.25) is 0 Å². The number of hydrogen-bond donors (Lipinski definition) is 1. The lowest BCUT2D eigenvalue weighted by Gasteiger charge is -2.32. The Morgan fingerprint density at radius 1 is 1.35 bits per heavy atom. The lowest BCUT2D eigenvalue weighted by molar-refractivity contribution is 0.270. The summed E-state index contributed by atoms with van der Waals surface area (Å²) >= 11 is 0. The number of rotatable bonds is 4. The van der Waals surface area contributed by atoms with Crippen molar-refractivity contribution >= 4 is 11.4 Å². The third-order valence-corrected chi connectivity index (χ3v) is 4.85. The molecule has 1 unspecified atom stereocenters. The number of hydrogen-bond acceptors (Lipinski definition) is 3. The van der Waals surface area contributed by atoms with Crippen LogP contribution in [-0.2, 0) is 6.42 Å². The van der Waals surface area contributed by atoms with Crippen molar-refractivity contribution in [3.8, 4) is 0 Å². The monoisotopic (exact) mass is 273 g/mol. The molecular weight excluding hydrogens is 246 g/mol. The summed E-state index contributed by atoms with van der Waals surface area (Å²) < 4.78 is 0. The molecule has 1 saturated heterocycles. The molecule has 2 heterocycles. The minimum Gasteiger partial charge on any atom is -0.383 e. The van der Waals surface area contributed by atoms with E-state index in [1.165, 1.54) is 55.7 Å². The van der Waals surface area contributed by atoms with E-state index >= 15 is 0 Å². The fraction of sp³-hybridized carbons (Fsp3) is 0.647. The van der Waals surface area contributed by atoms with E-state index in [1.54, 1.807) is 0 Å². The molecule has 20 heavy (non-hydrogen) atoms. The summed E-state index contributed by atoms with van der Waals surface area (Å²) in [6.45, 7) is 7.00. The SMILES string of the molecule is CCN1CCCC1CN(C)c1cccc2c1NCCC2. The molecule has 1 aromatic carbocycles. The lowest BCUT2D eigenvalue weighted by Crippen LogP contribution is -2.39. The van der Waals surface area contributed by atoms with Crippen LogP contribution in [0, 0.1) is 0 Å². The third kappa shape index (κ3) is 2.64. The predicted octanol–water partition coefficient (Wildman–Crippen LogP) is 2.97. The number of fused-ring (bicyclic) bond motifs is 1. The minimum atomic E-state index is 0.726. The zero-order valence-corrected chi connectivity index (χ0v) is 12.9. The van der Waals surface area contributed by atoms with Crippen LogP contribution >= 0.6 is 0 Å². The maximum Gasteiger partial charge on any atom is 0.0610 e. The predicted molar refractivity (Wildman–Crippen MR) is 86.8 cm³/mol. The zero-order chi connectivity index (χ0) is 13.9. The van der Waals surface area contributed by atoms with Crippen molar-refractivity contribution < 1.29 is 0 Å². The maximum absolute atomic E-state index is 3.61. The van der Waals surface area contributed by atoms with Gasteiger partial charge >= 0.3 is 0 Å². The van der Waals surface area contributed by atoms with Gasteiger partial charge in [-0.05, 0) is 50.4 Å². The lowest BCUT2D eigenvalue weighted by atomic mass is 10.0. The van der Waals surface area contributed by atoms with Crippen LogP contribution in [0.3, 0.4) is 0 Å². The van der Waals surface area contributed by atoms with Crippen LogP contribution in [-0.4, -0.2) is 44.2 Å². The molecule has 110 valence electrons. The number of para-hydroxylation sites is 1. The molecule has 3 heteroatoms. The van der Waals surface area contributed by atoms with Crippen molar-refractivity contribution in [3.63, 3.8) is 0 Å². The number of nitrogens with one attached hydrogen (secondary N) is 1. The van der Waals surface area contributed by atoms with E-state index in [1.807, 2.05) is 0 Å². The molecule has 0 amide bonds. The Hall–Kier alpha value is -1.22. The van der Waals surface area contributed by atoms with E-state index < -0.39 is 0 Å². The molecule has 1 atom stereocenters. The second kappa shape index (κ2) is 6.04. The molecule has 0 aliphatic carbocycles. The van der Waals surface area contributed by atoms with Gasteiger partial charge in [0.25, 0.3) is 0 Å². The second-order valence-electron chi connectivity index (χ2n) is 6.15. The van der Waals surface area contributed by atoms with E-state index in [9.17, 15) is 0 Å². The number of aryl methyl sites for hydroxylation is 1. The van der Waals surface area contributed by atoms with Gasteiger partial charge in [-0.1, -0.05) is 19.1 Å². The molecule has 0 radical (unpaired) electrons. The Kier molecular flexibility index (Phi) is 4.16. The first kappa shape index (κ1) is 13.7. The van der Waals surface area contributed by atoms with Gasteiger partial charge in [0.05, 0.1) is 11.4 Å². The molecule has 2 aliphatic rings. The highest BCUT2D eigenvalue weighted by molar-refractivity contribution is 5.74. The highest BCUT2D eigenvalue weighted by atomic mass is 15.2. The molecule has 0 spiro atoms. The quantitative estimate of drug-likeness (QED) is 0.910. The maximum atomic E-state index is 3.61. The highest BCUT2D eigenvalue weighted by Gasteiger charge is 2.25. The van der Waals surface area contributed by atoms with E-state index in [2.05, 4.69) is 47.3 Å². The zero-order valence-electron chi connectivity index (χ0n) is 12.9. The first-order valence-electron chi connectivity index (χ1n) is 8.10. The average Bonchev–Trinajstić information content (AvgIpc) is 2.93. The Bertz CT molecular complexity index is 458. The molecule has 1 aromatic rings. The van der Waals surface area contributed by atoms with Gasteiger partial charge in [-0.25, -0.2) is 0 Å². The van der Waals surface area contributed by atoms with Crippen molar-refractivity contribution in [2.75, 3.05) is 43.4 Å². The Morgan fingerprint density at radius 2 is 2.25 bits per heavy atom. The van der Waals surface area contributed by atoms with E-state index in [0.717, 1.165) is 19.1 Å². The molecule has 1 fully saturated rings. The van der Waals surface area contributed by atoms with Crippen LogP contribution in [0.15, 0.2) is 18.2 Å². The van der Waals surface area contributed by atoms with Gasteiger partial charge in [0.2, 0.25) is 0 Å². The van der Waals surface area contributed by atoms with Crippen molar-refractivity contribution in [1.82, 2.24) is 4.90 Å². The molecule has 0 aromatic heterocycles. The summed E-state index contributed by atoms with van der Waals surface area (Å²) in [5.74, 6) is 0. The molecule has 2 aliphatic heterocycles.